The van der Waals surface area contributed by atoms with Crippen molar-refractivity contribution in [1.82, 2.24) is 0 Å². The minimum atomic E-state index is -0.0614. The molecule has 12 heavy (non-hydrogen) atoms. The standard InChI is InChI=1S/C8H11NO3/c9-3-1-7-5-8(2-4-10)12-6-11-7/h4,7-8H,1-2,5-6H2/t7-,8+/m0/s1. The van der Waals surface area contributed by atoms with Crippen molar-refractivity contribution in [3.63, 3.8) is 0 Å². The highest BCUT2D eigenvalue weighted by molar-refractivity contribution is 5.50. The van der Waals surface area contributed by atoms with Crippen molar-refractivity contribution < 1.29 is 14.3 Å². The Kier molecular flexibility index (Phi) is 3.71. The van der Waals surface area contributed by atoms with Gasteiger partial charge >= 0.3 is 0 Å². The van der Waals surface area contributed by atoms with Crippen LogP contribution in [0.15, 0.2) is 0 Å². The van der Waals surface area contributed by atoms with Crippen LogP contribution in [0.25, 0.3) is 0 Å². The molecule has 1 aliphatic heterocycles. The van der Waals surface area contributed by atoms with E-state index in [1.54, 1.807) is 0 Å². The molecule has 0 bridgehead atoms. The van der Waals surface area contributed by atoms with Gasteiger partial charge in [0.2, 0.25) is 0 Å². The number of hydrogen-bond acceptors (Lipinski definition) is 4. The number of hydrogen-bond donors (Lipinski definition) is 0. The molecule has 66 valence electrons. The van der Waals surface area contributed by atoms with E-state index < -0.39 is 0 Å². The summed E-state index contributed by atoms with van der Waals surface area (Å²) in [7, 11) is 0. The fourth-order valence-corrected chi connectivity index (χ4v) is 1.18. The predicted molar refractivity (Wildman–Crippen MR) is 40.1 cm³/mol. The van der Waals surface area contributed by atoms with Crippen LogP contribution >= 0.6 is 0 Å². The van der Waals surface area contributed by atoms with E-state index in [0.717, 1.165) is 6.29 Å². The van der Waals surface area contributed by atoms with Gasteiger partial charge in [0, 0.05) is 12.8 Å². The van der Waals surface area contributed by atoms with Gasteiger partial charge in [-0.05, 0) is 0 Å². The summed E-state index contributed by atoms with van der Waals surface area (Å²) in [6.45, 7) is 0.199. The topological polar surface area (TPSA) is 59.3 Å². The first-order valence-corrected chi connectivity index (χ1v) is 3.90. The van der Waals surface area contributed by atoms with Crippen molar-refractivity contribution >= 4 is 6.29 Å². The summed E-state index contributed by atoms with van der Waals surface area (Å²) < 4.78 is 10.3. The van der Waals surface area contributed by atoms with Gasteiger partial charge in [-0.15, -0.1) is 0 Å². The molecule has 1 fully saturated rings. The molecule has 1 aliphatic rings. The molecule has 1 rings (SSSR count). The monoisotopic (exact) mass is 169 g/mol. The molecule has 0 radical (unpaired) electrons. The van der Waals surface area contributed by atoms with Crippen molar-refractivity contribution in [2.24, 2.45) is 0 Å². The molecule has 4 nitrogen and oxygen atoms in total. The van der Waals surface area contributed by atoms with E-state index in [-0.39, 0.29) is 19.0 Å². The number of nitriles is 1. The third-order valence-corrected chi connectivity index (χ3v) is 1.81. The number of carbonyl (C=O) groups is 1. The highest BCUT2D eigenvalue weighted by Crippen LogP contribution is 2.17. The number of carbonyl (C=O) groups excluding carboxylic acids is 1. The summed E-state index contributed by atoms with van der Waals surface area (Å²) in [6, 6.07) is 2.03. The molecule has 0 aromatic rings. The average Bonchev–Trinajstić information content (AvgIpc) is 2.06. The third kappa shape index (κ3) is 2.61. The quantitative estimate of drug-likeness (QED) is 0.581. The van der Waals surface area contributed by atoms with Crippen LogP contribution in [0.3, 0.4) is 0 Å². The molecule has 0 spiro atoms. The highest BCUT2D eigenvalue weighted by Gasteiger charge is 2.22. The van der Waals surface area contributed by atoms with Gasteiger partial charge in [-0.25, -0.2) is 0 Å². The van der Waals surface area contributed by atoms with Crippen LogP contribution in [0, 0.1) is 11.3 Å². The molecule has 1 heterocycles. The van der Waals surface area contributed by atoms with Crippen molar-refractivity contribution in [3.8, 4) is 6.07 Å². The third-order valence-electron chi connectivity index (χ3n) is 1.81. The molecule has 0 N–H and O–H groups in total. The number of rotatable bonds is 3. The summed E-state index contributed by atoms with van der Waals surface area (Å²) in [5, 5.41) is 8.39. The molecule has 0 amide bonds. The zero-order chi connectivity index (χ0) is 8.81. The number of aldehydes is 1. The Bertz CT molecular complexity index is 187. The fourth-order valence-electron chi connectivity index (χ4n) is 1.18. The second-order valence-corrected chi connectivity index (χ2v) is 2.70. The summed E-state index contributed by atoms with van der Waals surface area (Å²) in [4.78, 5) is 10.2. The number of ether oxygens (including phenoxy) is 2. The van der Waals surface area contributed by atoms with Crippen LogP contribution in [-0.2, 0) is 14.3 Å². The van der Waals surface area contributed by atoms with Gasteiger partial charge in [-0.2, -0.15) is 5.26 Å². The lowest BCUT2D eigenvalue weighted by molar-refractivity contribution is -0.174. The largest absolute Gasteiger partial charge is 0.352 e. The fraction of sp³-hybridized carbons (Fsp3) is 0.750. The van der Waals surface area contributed by atoms with E-state index in [4.69, 9.17) is 14.7 Å². The van der Waals surface area contributed by atoms with Crippen LogP contribution in [0.4, 0.5) is 0 Å². The number of nitrogens with zero attached hydrogens (tertiary/aromatic N) is 1. The lowest BCUT2D eigenvalue weighted by Crippen LogP contribution is -2.31. The van der Waals surface area contributed by atoms with Crippen molar-refractivity contribution in [1.29, 1.82) is 5.26 Å². The Balaban J connectivity index is 2.30. The first kappa shape index (κ1) is 9.17. The van der Waals surface area contributed by atoms with Crippen molar-refractivity contribution in [3.05, 3.63) is 0 Å². The Morgan fingerprint density at radius 2 is 2.25 bits per heavy atom. The molecule has 0 aliphatic carbocycles. The van der Waals surface area contributed by atoms with Crippen LogP contribution in [0.1, 0.15) is 19.3 Å². The zero-order valence-electron chi connectivity index (χ0n) is 6.73. The molecular weight excluding hydrogens is 158 g/mol. The lowest BCUT2D eigenvalue weighted by Gasteiger charge is -2.27. The van der Waals surface area contributed by atoms with Crippen molar-refractivity contribution in [2.45, 2.75) is 31.5 Å². The molecule has 2 atom stereocenters. The average molecular weight is 169 g/mol. The highest BCUT2D eigenvalue weighted by atomic mass is 16.7. The maximum atomic E-state index is 10.2. The van der Waals surface area contributed by atoms with E-state index >= 15 is 0 Å². The van der Waals surface area contributed by atoms with Crippen LogP contribution < -0.4 is 0 Å². The second-order valence-electron chi connectivity index (χ2n) is 2.70. The molecule has 0 unspecified atom stereocenters. The summed E-state index contributed by atoms with van der Waals surface area (Å²) in [6.07, 6.45) is 2.12. The maximum Gasteiger partial charge on any atom is 0.147 e. The van der Waals surface area contributed by atoms with Gasteiger partial charge in [-0.1, -0.05) is 0 Å². The van der Waals surface area contributed by atoms with Gasteiger partial charge < -0.3 is 14.3 Å². The molecule has 0 aromatic heterocycles. The zero-order valence-corrected chi connectivity index (χ0v) is 6.73. The van der Waals surface area contributed by atoms with Crippen molar-refractivity contribution in [2.75, 3.05) is 6.79 Å². The van der Waals surface area contributed by atoms with Gasteiger partial charge in [0.25, 0.3) is 0 Å². The van der Waals surface area contributed by atoms with Gasteiger partial charge in [0.15, 0.2) is 0 Å². The minimum absolute atomic E-state index is 0.0606. The van der Waals surface area contributed by atoms with E-state index in [1.165, 1.54) is 0 Å². The Morgan fingerprint density at radius 3 is 2.92 bits per heavy atom. The summed E-state index contributed by atoms with van der Waals surface area (Å²) in [5.41, 5.74) is 0. The molecule has 4 heteroatoms. The normalized spacial score (nSPS) is 29.2. The van der Waals surface area contributed by atoms with E-state index in [1.807, 2.05) is 6.07 Å². The summed E-state index contributed by atoms with van der Waals surface area (Å²) >= 11 is 0. The Morgan fingerprint density at radius 1 is 1.50 bits per heavy atom. The van der Waals surface area contributed by atoms with Gasteiger partial charge in [0.05, 0.1) is 24.7 Å². The second kappa shape index (κ2) is 4.86. The van der Waals surface area contributed by atoms with Gasteiger partial charge in [0.1, 0.15) is 13.1 Å². The first-order valence-electron chi connectivity index (χ1n) is 3.90. The SMILES string of the molecule is N#CC[C@H]1C[C@@H](CC=O)OCO1. The minimum Gasteiger partial charge on any atom is -0.352 e. The molecule has 1 saturated heterocycles. The smallest absolute Gasteiger partial charge is 0.147 e. The van der Waals surface area contributed by atoms with Gasteiger partial charge in [-0.3, -0.25) is 0 Å². The first-order chi connectivity index (χ1) is 5.86. The molecule has 0 saturated carbocycles. The van der Waals surface area contributed by atoms with Crippen LogP contribution in [0.2, 0.25) is 0 Å². The Labute approximate surface area is 71.1 Å². The molecular formula is C8H11NO3. The maximum absolute atomic E-state index is 10.2. The summed E-state index contributed by atoms with van der Waals surface area (Å²) in [5.74, 6) is 0. The lowest BCUT2D eigenvalue weighted by atomic mass is 10.1. The Hall–Kier alpha value is -0.920. The molecule has 0 aromatic carbocycles. The van der Waals surface area contributed by atoms with E-state index in [0.29, 0.717) is 19.3 Å². The van der Waals surface area contributed by atoms with E-state index in [2.05, 4.69) is 0 Å². The predicted octanol–water partition coefficient (Wildman–Crippen LogP) is 0.621. The van der Waals surface area contributed by atoms with Crippen LogP contribution in [0.5, 0.6) is 0 Å². The van der Waals surface area contributed by atoms with E-state index in [9.17, 15) is 4.79 Å². The van der Waals surface area contributed by atoms with Crippen LogP contribution in [-0.4, -0.2) is 25.3 Å².